The van der Waals surface area contributed by atoms with Crippen molar-refractivity contribution in [3.63, 3.8) is 0 Å². The second kappa shape index (κ2) is 6.29. The summed E-state index contributed by atoms with van der Waals surface area (Å²) >= 11 is 6.75. The molecule has 0 N–H and O–H groups in total. The van der Waals surface area contributed by atoms with Crippen LogP contribution in [0.15, 0.2) is 33.0 Å². The minimum absolute atomic E-state index is 0.205. The zero-order chi connectivity index (χ0) is 14.6. The number of rotatable bonds is 5. The van der Waals surface area contributed by atoms with E-state index in [9.17, 15) is 8.42 Å². The SMILES string of the molecule is CCOC=NS(=O)(=O)c1nc(-c2ccccc2Cl)ns1. The van der Waals surface area contributed by atoms with Crippen LogP contribution in [0, 0.1) is 0 Å². The van der Waals surface area contributed by atoms with Gasteiger partial charge in [-0.25, -0.2) is 4.98 Å². The van der Waals surface area contributed by atoms with Crippen LogP contribution < -0.4 is 0 Å². The highest BCUT2D eigenvalue weighted by Gasteiger charge is 2.20. The summed E-state index contributed by atoms with van der Waals surface area (Å²) in [5, 5.41) is 0.451. The molecule has 9 heteroatoms. The van der Waals surface area contributed by atoms with Crippen molar-refractivity contribution >= 4 is 39.6 Å². The topological polar surface area (TPSA) is 81.5 Å². The number of sulfonamides is 1. The van der Waals surface area contributed by atoms with E-state index >= 15 is 0 Å². The van der Waals surface area contributed by atoms with Crippen LogP contribution in [0.5, 0.6) is 0 Å². The van der Waals surface area contributed by atoms with Crippen LogP contribution in [0.3, 0.4) is 0 Å². The Balaban J connectivity index is 2.32. The van der Waals surface area contributed by atoms with E-state index in [-0.39, 0.29) is 10.2 Å². The maximum absolute atomic E-state index is 11.8. The quantitative estimate of drug-likeness (QED) is 0.621. The predicted molar refractivity (Wildman–Crippen MR) is 77.7 cm³/mol. The van der Waals surface area contributed by atoms with Gasteiger partial charge in [-0.05, 0) is 19.1 Å². The molecule has 2 aromatic rings. The van der Waals surface area contributed by atoms with E-state index < -0.39 is 10.0 Å². The molecule has 106 valence electrons. The molecular weight excluding hydrogens is 322 g/mol. The first-order valence-electron chi connectivity index (χ1n) is 5.53. The Hall–Kier alpha value is -1.51. The van der Waals surface area contributed by atoms with Gasteiger partial charge in [0.2, 0.25) is 0 Å². The van der Waals surface area contributed by atoms with Gasteiger partial charge in [-0.1, -0.05) is 23.7 Å². The maximum Gasteiger partial charge on any atom is 0.313 e. The van der Waals surface area contributed by atoms with Crippen molar-refractivity contribution in [3.8, 4) is 11.4 Å². The van der Waals surface area contributed by atoms with Gasteiger partial charge in [0.05, 0.1) is 11.6 Å². The molecule has 6 nitrogen and oxygen atoms in total. The van der Waals surface area contributed by atoms with Gasteiger partial charge in [0.25, 0.3) is 4.34 Å². The molecular formula is C11H10ClN3O3S2. The van der Waals surface area contributed by atoms with Crippen LogP contribution >= 0.6 is 23.1 Å². The van der Waals surface area contributed by atoms with E-state index in [1.54, 1.807) is 31.2 Å². The Morgan fingerprint density at radius 1 is 1.45 bits per heavy atom. The third-order valence-electron chi connectivity index (χ3n) is 2.17. The summed E-state index contributed by atoms with van der Waals surface area (Å²) in [4.78, 5) is 3.96. The highest BCUT2D eigenvalue weighted by molar-refractivity contribution is 7.92. The Labute approximate surface area is 125 Å². The van der Waals surface area contributed by atoms with Crippen molar-refractivity contribution in [2.45, 2.75) is 11.3 Å². The van der Waals surface area contributed by atoms with Crippen molar-refractivity contribution < 1.29 is 13.2 Å². The number of nitrogens with zero attached hydrogens (tertiary/aromatic N) is 3. The summed E-state index contributed by atoms with van der Waals surface area (Å²) in [5.74, 6) is 0.255. The minimum atomic E-state index is -3.89. The summed E-state index contributed by atoms with van der Waals surface area (Å²) in [6.07, 6.45) is 0.881. The molecule has 0 spiro atoms. The number of benzene rings is 1. The van der Waals surface area contributed by atoms with Crippen molar-refractivity contribution in [3.05, 3.63) is 29.3 Å². The molecule has 0 bridgehead atoms. The average molecular weight is 332 g/mol. The molecule has 0 atom stereocenters. The first-order valence-corrected chi connectivity index (χ1v) is 8.12. The fourth-order valence-corrected chi connectivity index (χ4v) is 3.01. The van der Waals surface area contributed by atoms with Crippen molar-refractivity contribution in [1.82, 2.24) is 9.36 Å². The second-order valence-electron chi connectivity index (χ2n) is 3.50. The molecule has 0 saturated heterocycles. The zero-order valence-corrected chi connectivity index (χ0v) is 12.7. The van der Waals surface area contributed by atoms with E-state index in [1.807, 2.05) is 0 Å². The van der Waals surface area contributed by atoms with Gasteiger partial charge in [0, 0.05) is 17.1 Å². The molecule has 0 unspecified atom stereocenters. The van der Waals surface area contributed by atoms with Gasteiger partial charge in [-0.15, -0.1) is 4.40 Å². The van der Waals surface area contributed by atoms with Gasteiger partial charge >= 0.3 is 10.0 Å². The van der Waals surface area contributed by atoms with Gasteiger partial charge in [0.1, 0.15) is 0 Å². The molecule has 1 aromatic heterocycles. The second-order valence-corrected chi connectivity index (χ2v) is 6.47. The van der Waals surface area contributed by atoms with Crippen LogP contribution in [0.25, 0.3) is 11.4 Å². The van der Waals surface area contributed by atoms with Gasteiger partial charge in [0.15, 0.2) is 12.2 Å². The van der Waals surface area contributed by atoms with Crippen molar-refractivity contribution in [1.29, 1.82) is 0 Å². The fourth-order valence-electron chi connectivity index (χ4n) is 1.27. The number of ether oxygens (including phenoxy) is 1. The number of hydrogen-bond acceptors (Lipinski definition) is 6. The number of halogens is 1. The average Bonchev–Trinajstić information content (AvgIpc) is 2.90. The van der Waals surface area contributed by atoms with Crippen molar-refractivity contribution in [2.24, 2.45) is 4.40 Å². The molecule has 1 heterocycles. The molecule has 0 amide bonds. The Morgan fingerprint density at radius 3 is 2.90 bits per heavy atom. The number of aromatic nitrogens is 2. The monoisotopic (exact) mass is 331 g/mol. The highest BCUT2D eigenvalue weighted by Crippen LogP contribution is 2.27. The molecule has 0 saturated carbocycles. The lowest BCUT2D eigenvalue weighted by Crippen LogP contribution is -1.98. The zero-order valence-electron chi connectivity index (χ0n) is 10.4. The standard InChI is InChI=1S/C11H10ClN3O3S2/c1-2-18-7-13-20(16,17)11-14-10(15-19-11)8-5-3-4-6-9(8)12/h3-7H,2H2,1H3. The maximum atomic E-state index is 11.8. The summed E-state index contributed by atoms with van der Waals surface area (Å²) < 4.78 is 35.6. The van der Waals surface area contributed by atoms with E-state index in [0.29, 0.717) is 17.2 Å². The molecule has 20 heavy (non-hydrogen) atoms. The summed E-state index contributed by atoms with van der Waals surface area (Å²) in [6.45, 7) is 2.05. The summed E-state index contributed by atoms with van der Waals surface area (Å²) in [5.41, 5.74) is 0.570. The van der Waals surface area contributed by atoms with Crippen LogP contribution in [-0.2, 0) is 14.8 Å². The molecule has 0 fully saturated rings. The third kappa shape index (κ3) is 3.33. The highest BCUT2D eigenvalue weighted by atomic mass is 35.5. The van der Waals surface area contributed by atoms with E-state index in [4.69, 9.17) is 16.3 Å². The van der Waals surface area contributed by atoms with Gasteiger partial charge in [-0.2, -0.15) is 12.8 Å². The van der Waals surface area contributed by atoms with E-state index in [0.717, 1.165) is 17.9 Å². The Kier molecular flexibility index (Phi) is 4.69. The molecule has 0 aliphatic rings. The minimum Gasteiger partial charge on any atom is -0.483 e. The Bertz CT molecular complexity index is 728. The van der Waals surface area contributed by atoms with Gasteiger partial charge in [-0.3, -0.25) is 0 Å². The summed E-state index contributed by atoms with van der Waals surface area (Å²) in [7, 11) is -3.89. The van der Waals surface area contributed by atoms with Crippen LogP contribution in [0.4, 0.5) is 0 Å². The first kappa shape index (κ1) is 14.9. The van der Waals surface area contributed by atoms with Crippen LogP contribution in [0.1, 0.15) is 6.92 Å². The largest absolute Gasteiger partial charge is 0.483 e. The third-order valence-corrected chi connectivity index (χ3v) is 4.76. The summed E-state index contributed by atoms with van der Waals surface area (Å²) in [6, 6.07) is 6.93. The first-order chi connectivity index (χ1) is 9.54. The fraction of sp³-hybridized carbons (Fsp3) is 0.182. The van der Waals surface area contributed by atoms with E-state index in [1.165, 1.54) is 0 Å². The van der Waals surface area contributed by atoms with Crippen LogP contribution in [0.2, 0.25) is 5.02 Å². The normalized spacial score (nSPS) is 11.9. The van der Waals surface area contributed by atoms with Gasteiger partial charge < -0.3 is 4.74 Å². The molecule has 2 rings (SSSR count). The predicted octanol–water partition coefficient (Wildman–Crippen LogP) is 2.61. The lowest BCUT2D eigenvalue weighted by Gasteiger charge is -1.97. The van der Waals surface area contributed by atoms with E-state index in [2.05, 4.69) is 13.8 Å². The van der Waals surface area contributed by atoms with Crippen molar-refractivity contribution in [2.75, 3.05) is 6.61 Å². The number of hydrogen-bond donors (Lipinski definition) is 0. The molecule has 0 radical (unpaired) electrons. The lowest BCUT2D eigenvalue weighted by molar-refractivity contribution is 0.344. The van der Waals surface area contributed by atoms with Crippen LogP contribution in [-0.4, -0.2) is 30.8 Å². The molecule has 0 aliphatic heterocycles. The molecule has 0 aliphatic carbocycles. The smallest absolute Gasteiger partial charge is 0.313 e. The molecule has 1 aromatic carbocycles. The lowest BCUT2D eigenvalue weighted by atomic mass is 10.2. The Morgan fingerprint density at radius 2 is 2.20 bits per heavy atom.